The number of alkyl halides is 3. The predicted octanol–water partition coefficient (Wildman–Crippen LogP) is 4.44. The number of benzene rings is 2. The topological polar surface area (TPSA) is 60.0 Å². The van der Waals surface area contributed by atoms with E-state index in [9.17, 15) is 13.2 Å². The summed E-state index contributed by atoms with van der Waals surface area (Å²) >= 11 is 0. The molecule has 0 saturated carbocycles. The van der Waals surface area contributed by atoms with Crippen molar-refractivity contribution in [1.82, 2.24) is 24.1 Å². The van der Waals surface area contributed by atoms with Gasteiger partial charge in [-0.2, -0.15) is 13.2 Å². The maximum Gasteiger partial charge on any atom is 0.452 e. The first-order valence-electron chi connectivity index (χ1n) is 9.41. The van der Waals surface area contributed by atoms with Crippen molar-refractivity contribution in [1.29, 1.82) is 0 Å². The van der Waals surface area contributed by atoms with Crippen molar-refractivity contribution in [3.05, 3.63) is 66.4 Å². The van der Waals surface area contributed by atoms with Crippen LogP contribution < -0.4 is 5.32 Å². The minimum Gasteiger partial charge on any atom is -0.384 e. The molecule has 1 N–H and O–H groups in total. The molecular weight excluding hydrogens is 393 g/mol. The Labute approximate surface area is 169 Å². The van der Waals surface area contributed by atoms with Crippen LogP contribution in [0.5, 0.6) is 0 Å². The fourth-order valence-corrected chi connectivity index (χ4v) is 3.79. The van der Waals surface area contributed by atoms with Crippen LogP contribution in [0, 0.1) is 0 Å². The van der Waals surface area contributed by atoms with Crippen molar-refractivity contribution in [3.8, 4) is 0 Å². The Morgan fingerprint density at radius 3 is 2.63 bits per heavy atom. The molecule has 0 saturated heterocycles. The third-order valence-electron chi connectivity index (χ3n) is 5.22. The van der Waals surface area contributed by atoms with E-state index in [1.54, 1.807) is 6.07 Å². The van der Waals surface area contributed by atoms with Crippen LogP contribution >= 0.6 is 0 Å². The summed E-state index contributed by atoms with van der Waals surface area (Å²) in [5, 5.41) is 11.9. The summed E-state index contributed by atoms with van der Waals surface area (Å²) in [4.78, 5) is 4.66. The summed E-state index contributed by atoms with van der Waals surface area (Å²) in [5.41, 5.74) is 2.87. The number of fused-ring (bicyclic) bond motifs is 4. The quantitative estimate of drug-likeness (QED) is 0.476. The lowest BCUT2D eigenvalue weighted by Gasteiger charge is -2.11. The Morgan fingerprint density at radius 1 is 1.00 bits per heavy atom. The number of nitrogens with zero attached hydrogens (tertiary/aromatic N) is 5. The van der Waals surface area contributed by atoms with Crippen molar-refractivity contribution in [2.75, 3.05) is 11.9 Å². The number of para-hydroxylation sites is 2. The molecule has 3 heterocycles. The summed E-state index contributed by atoms with van der Waals surface area (Å²) in [6.45, 7) is 0.567. The number of imidazole rings is 1. The highest BCUT2D eigenvalue weighted by molar-refractivity contribution is 6.03. The van der Waals surface area contributed by atoms with Gasteiger partial charge in [-0.1, -0.05) is 24.3 Å². The average molecular weight is 410 g/mol. The maximum absolute atomic E-state index is 13.2. The van der Waals surface area contributed by atoms with Gasteiger partial charge in [0.25, 0.3) is 0 Å². The lowest BCUT2D eigenvalue weighted by Crippen LogP contribution is -2.11. The van der Waals surface area contributed by atoms with Crippen LogP contribution in [0.15, 0.2) is 54.7 Å². The zero-order valence-corrected chi connectivity index (χ0v) is 16.0. The SMILES string of the molecule is Cn1c(CCNc2cccc3ccn4c(C(F)(F)F)nnc4c23)nc2ccccc21. The van der Waals surface area contributed by atoms with E-state index < -0.39 is 12.0 Å². The van der Waals surface area contributed by atoms with E-state index in [0.29, 0.717) is 24.0 Å². The Balaban J connectivity index is 1.48. The Morgan fingerprint density at radius 2 is 1.83 bits per heavy atom. The molecule has 3 aromatic heterocycles. The smallest absolute Gasteiger partial charge is 0.384 e. The molecular formula is C21H17F3N6. The molecule has 0 unspecified atom stereocenters. The van der Waals surface area contributed by atoms with E-state index in [2.05, 4.69) is 20.5 Å². The Hall–Kier alpha value is -3.62. The molecule has 0 atom stereocenters. The molecule has 5 rings (SSSR count). The molecule has 5 aromatic rings. The van der Waals surface area contributed by atoms with Gasteiger partial charge in [0.05, 0.1) is 16.4 Å². The number of hydrogen-bond donors (Lipinski definition) is 1. The molecule has 0 amide bonds. The fourth-order valence-electron chi connectivity index (χ4n) is 3.79. The Bertz CT molecular complexity index is 1380. The van der Waals surface area contributed by atoms with Crippen LogP contribution in [0.1, 0.15) is 11.6 Å². The summed E-state index contributed by atoms with van der Waals surface area (Å²) in [5.74, 6) is -0.107. The summed E-state index contributed by atoms with van der Waals surface area (Å²) in [6, 6.07) is 15.1. The molecule has 2 aromatic carbocycles. The van der Waals surface area contributed by atoms with Crippen LogP contribution in [0.2, 0.25) is 0 Å². The molecule has 0 radical (unpaired) electrons. The van der Waals surface area contributed by atoms with E-state index >= 15 is 0 Å². The number of aromatic nitrogens is 5. The highest BCUT2D eigenvalue weighted by Crippen LogP contribution is 2.32. The van der Waals surface area contributed by atoms with Gasteiger partial charge >= 0.3 is 6.18 Å². The van der Waals surface area contributed by atoms with Crippen molar-refractivity contribution < 1.29 is 13.2 Å². The first-order valence-corrected chi connectivity index (χ1v) is 9.41. The standard InChI is InChI=1S/C21H17F3N6/c1-29-16-8-3-2-6-14(16)26-17(29)9-11-25-15-7-4-5-13-10-12-30-19(18(13)15)27-28-20(30)21(22,23)24/h2-8,10,12,25H,9,11H2,1H3. The monoisotopic (exact) mass is 410 g/mol. The van der Waals surface area contributed by atoms with Gasteiger partial charge < -0.3 is 9.88 Å². The largest absolute Gasteiger partial charge is 0.452 e. The number of anilines is 1. The molecule has 9 heteroatoms. The fraction of sp³-hybridized carbons (Fsp3) is 0.190. The van der Waals surface area contributed by atoms with Gasteiger partial charge in [-0.25, -0.2) is 4.98 Å². The van der Waals surface area contributed by atoms with Crippen LogP contribution in [0.25, 0.3) is 27.5 Å². The molecule has 30 heavy (non-hydrogen) atoms. The van der Waals surface area contributed by atoms with Crippen molar-refractivity contribution in [2.24, 2.45) is 7.05 Å². The van der Waals surface area contributed by atoms with Crippen LogP contribution in [-0.4, -0.2) is 30.7 Å². The van der Waals surface area contributed by atoms with E-state index in [4.69, 9.17) is 0 Å². The first-order chi connectivity index (χ1) is 14.4. The summed E-state index contributed by atoms with van der Waals surface area (Å²) in [6.07, 6.45) is -2.56. The maximum atomic E-state index is 13.2. The minimum atomic E-state index is -4.57. The van der Waals surface area contributed by atoms with Gasteiger partial charge in [-0.3, -0.25) is 4.40 Å². The van der Waals surface area contributed by atoms with Crippen molar-refractivity contribution >= 4 is 33.1 Å². The lowest BCUT2D eigenvalue weighted by atomic mass is 10.1. The zero-order chi connectivity index (χ0) is 20.9. The molecule has 0 aliphatic rings. The average Bonchev–Trinajstić information content (AvgIpc) is 3.30. The lowest BCUT2D eigenvalue weighted by molar-refractivity contribution is -0.145. The highest BCUT2D eigenvalue weighted by Gasteiger charge is 2.37. The number of pyridine rings is 1. The number of rotatable bonds is 4. The molecule has 0 aliphatic heterocycles. The van der Waals surface area contributed by atoms with E-state index in [1.165, 1.54) is 6.20 Å². The second-order valence-electron chi connectivity index (χ2n) is 7.05. The van der Waals surface area contributed by atoms with Gasteiger partial charge in [-0.15, -0.1) is 10.2 Å². The van der Waals surface area contributed by atoms with Gasteiger partial charge in [0, 0.05) is 31.9 Å². The van der Waals surface area contributed by atoms with Crippen LogP contribution in [-0.2, 0) is 19.6 Å². The number of hydrogen-bond acceptors (Lipinski definition) is 4. The molecule has 0 spiro atoms. The van der Waals surface area contributed by atoms with Crippen molar-refractivity contribution in [2.45, 2.75) is 12.6 Å². The van der Waals surface area contributed by atoms with Gasteiger partial charge in [0.2, 0.25) is 5.82 Å². The van der Waals surface area contributed by atoms with E-state index in [-0.39, 0.29) is 5.65 Å². The molecule has 152 valence electrons. The third kappa shape index (κ3) is 2.94. The molecule has 0 fully saturated rings. The minimum absolute atomic E-state index is 0.172. The molecule has 0 aliphatic carbocycles. The number of halogens is 3. The van der Waals surface area contributed by atoms with E-state index in [0.717, 1.165) is 26.6 Å². The predicted molar refractivity (Wildman–Crippen MR) is 108 cm³/mol. The normalized spacial score (nSPS) is 12.3. The zero-order valence-electron chi connectivity index (χ0n) is 16.0. The third-order valence-corrected chi connectivity index (χ3v) is 5.22. The van der Waals surface area contributed by atoms with Crippen molar-refractivity contribution in [3.63, 3.8) is 0 Å². The second-order valence-corrected chi connectivity index (χ2v) is 7.05. The highest BCUT2D eigenvalue weighted by atomic mass is 19.4. The second kappa shape index (κ2) is 6.72. The van der Waals surface area contributed by atoms with Gasteiger partial charge in [-0.05, 0) is 29.7 Å². The Kier molecular flexibility index (Phi) is 4.12. The van der Waals surface area contributed by atoms with Crippen LogP contribution in [0.4, 0.5) is 18.9 Å². The first kappa shape index (κ1) is 18.4. The summed E-state index contributed by atoms with van der Waals surface area (Å²) < 4.78 is 42.7. The van der Waals surface area contributed by atoms with Crippen LogP contribution in [0.3, 0.4) is 0 Å². The van der Waals surface area contributed by atoms with Gasteiger partial charge in [0.15, 0.2) is 5.65 Å². The number of nitrogens with one attached hydrogen (secondary N) is 1. The molecule has 0 bridgehead atoms. The molecule has 6 nitrogen and oxygen atoms in total. The summed E-state index contributed by atoms with van der Waals surface area (Å²) in [7, 11) is 1.97. The van der Waals surface area contributed by atoms with Gasteiger partial charge in [0.1, 0.15) is 5.82 Å². The number of aryl methyl sites for hydroxylation is 1. The van der Waals surface area contributed by atoms with E-state index in [1.807, 2.05) is 54.1 Å².